The quantitative estimate of drug-likeness (QED) is 0.377. The van der Waals surface area contributed by atoms with Gasteiger partial charge in [-0.2, -0.15) is 5.10 Å². The minimum Gasteiger partial charge on any atom is -0.456 e. The lowest BCUT2D eigenvalue weighted by atomic mass is 10.2. The summed E-state index contributed by atoms with van der Waals surface area (Å²) in [5, 5.41) is 4.63. The van der Waals surface area contributed by atoms with Crippen LogP contribution in [0.5, 0.6) is 11.5 Å². The van der Waals surface area contributed by atoms with Crippen LogP contribution in [0.3, 0.4) is 0 Å². The molecule has 0 radical (unpaired) electrons. The van der Waals surface area contributed by atoms with Crippen molar-refractivity contribution in [3.63, 3.8) is 0 Å². The fourth-order valence-corrected chi connectivity index (χ4v) is 3.96. The number of alkyl halides is 1. The van der Waals surface area contributed by atoms with Gasteiger partial charge in [0.15, 0.2) is 0 Å². The third-order valence-electron chi connectivity index (χ3n) is 5.58. The van der Waals surface area contributed by atoms with Crippen molar-refractivity contribution in [3.8, 4) is 22.8 Å². The highest BCUT2D eigenvalue weighted by molar-refractivity contribution is 6.36. The van der Waals surface area contributed by atoms with Crippen molar-refractivity contribution < 1.29 is 9.13 Å². The molecular weight excluding hydrogens is 431 g/mol. The maximum Gasteiger partial charge on any atom is 0.148 e. The van der Waals surface area contributed by atoms with Crippen LogP contribution in [0.1, 0.15) is 18.7 Å². The molecule has 3 aromatic heterocycles. The number of rotatable bonds is 5. The van der Waals surface area contributed by atoms with E-state index in [0.717, 1.165) is 22.4 Å². The van der Waals surface area contributed by atoms with E-state index in [1.54, 1.807) is 29.3 Å². The van der Waals surface area contributed by atoms with Crippen molar-refractivity contribution in [1.82, 2.24) is 29.7 Å². The van der Waals surface area contributed by atoms with Crippen molar-refractivity contribution in [1.29, 1.82) is 0 Å². The minimum atomic E-state index is -1.12. The molecule has 6 rings (SSSR count). The molecule has 1 saturated carbocycles. The Balaban J connectivity index is 1.33. The number of halogens is 2. The normalized spacial score (nSPS) is 14.8. The van der Waals surface area contributed by atoms with Crippen LogP contribution < -0.4 is 4.74 Å². The maximum atomic E-state index is 14.0. The summed E-state index contributed by atoms with van der Waals surface area (Å²) in [6.07, 6.45) is 6.28. The number of hydrogen-bond donors (Lipinski definition) is 1. The van der Waals surface area contributed by atoms with Gasteiger partial charge in [0.2, 0.25) is 0 Å². The molecule has 0 unspecified atom stereocenters. The van der Waals surface area contributed by atoms with Gasteiger partial charge in [-0.3, -0.25) is 9.67 Å². The van der Waals surface area contributed by atoms with Crippen molar-refractivity contribution in [3.05, 3.63) is 59.8 Å². The zero-order valence-corrected chi connectivity index (χ0v) is 17.9. The van der Waals surface area contributed by atoms with Crippen LogP contribution in [-0.2, 0) is 6.54 Å². The fourth-order valence-electron chi connectivity index (χ4n) is 3.72. The van der Waals surface area contributed by atoms with E-state index in [1.807, 2.05) is 31.2 Å². The van der Waals surface area contributed by atoms with Gasteiger partial charge in [-0.05, 0) is 44.0 Å². The molecule has 1 aliphatic rings. The van der Waals surface area contributed by atoms with Crippen LogP contribution >= 0.6 is 11.6 Å². The van der Waals surface area contributed by atoms with Crippen LogP contribution in [0, 0.1) is 6.92 Å². The van der Waals surface area contributed by atoms with E-state index < -0.39 is 5.67 Å². The molecule has 7 nitrogen and oxygen atoms in total. The second-order valence-electron chi connectivity index (χ2n) is 8.18. The fraction of sp³-hybridized carbons (Fsp3) is 0.217. The third-order valence-corrected chi connectivity index (χ3v) is 5.95. The van der Waals surface area contributed by atoms with E-state index in [0.29, 0.717) is 46.1 Å². The number of benzene rings is 2. The first-order valence-corrected chi connectivity index (χ1v) is 10.6. The number of imidazole rings is 1. The Bertz CT molecular complexity index is 1490. The standard InChI is InChI=1S/C23H18ClFN6O/c1-13-28-16-3-2-15(8-18(16)29-13)32-20-5-4-17-22(21(20)24)30-19(10-26-17)14-9-27-31(11-14)12-23(25)6-7-23/h2-5,8-11H,6-7,12H2,1H3,(H,28,29). The largest absolute Gasteiger partial charge is 0.456 e. The first-order chi connectivity index (χ1) is 15.5. The Labute approximate surface area is 187 Å². The van der Waals surface area contributed by atoms with Crippen LogP contribution in [0.4, 0.5) is 4.39 Å². The number of aryl methyl sites for hydroxylation is 1. The van der Waals surface area contributed by atoms with Gasteiger partial charge in [0.05, 0.1) is 41.2 Å². The molecule has 0 atom stereocenters. The lowest BCUT2D eigenvalue weighted by molar-refractivity contribution is 0.261. The molecule has 9 heteroatoms. The Morgan fingerprint density at radius 3 is 2.84 bits per heavy atom. The van der Waals surface area contributed by atoms with E-state index in [2.05, 4.69) is 25.0 Å². The number of aromatic amines is 1. The molecule has 5 aromatic rings. The smallest absolute Gasteiger partial charge is 0.148 e. The van der Waals surface area contributed by atoms with Gasteiger partial charge >= 0.3 is 0 Å². The Morgan fingerprint density at radius 2 is 2.00 bits per heavy atom. The zero-order valence-electron chi connectivity index (χ0n) is 17.1. The summed E-state index contributed by atoms with van der Waals surface area (Å²) in [5.74, 6) is 1.95. The van der Waals surface area contributed by atoms with Crippen LogP contribution in [-0.4, -0.2) is 35.4 Å². The molecule has 3 heterocycles. The van der Waals surface area contributed by atoms with Crippen molar-refractivity contribution in [2.45, 2.75) is 32.0 Å². The average molecular weight is 449 g/mol. The lowest BCUT2D eigenvalue weighted by Gasteiger charge is -2.10. The number of ether oxygens (including phenoxy) is 1. The Morgan fingerprint density at radius 1 is 1.16 bits per heavy atom. The predicted octanol–water partition coefficient (Wildman–Crippen LogP) is 5.63. The molecule has 1 aliphatic carbocycles. The van der Waals surface area contributed by atoms with Gasteiger partial charge in [0.1, 0.15) is 33.5 Å². The molecule has 0 bridgehead atoms. The second kappa shape index (κ2) is 7.00. The van der Waals surface area contributed by atoms with Crippen molar-refractivity contribution in [2.75, 3.05) is 0 Å². The molecule has 0 aliphatic heterocycles. The van der Waals surface area contributed by atoms with Gasteiger partial charge in [0, 0.05) is 17.8 Å². The molecule has 0 amide bonds. The van der Waals surface area contributed by atoms with Crippen molar-refractivity contribution >= 4 is 33.7 Å². The lowest BCUT2D eigenvalue weighted by Crippen LogP contribution is -2.12. The summed E-state index contributed by atoms with van der Waals surface area (Å²) in [6.45, 7) is 2.16. The molecular formula is C23H18ClFN6O. The number of nitrogens with zero attached hydrogens (tertiary/aromatic N) is 5. The molecule has 0 saturated heterocycles. The summed E-state index contributed by atoms with van der Waals surface area (Å²) >= 11 is 6.66. The molecule has 0 spiro atoms. The average Bonchev–Trinajstić information content (AvgIpc) is 3.16. The molecule has 1 fully saturated rings. The van der Waals surface area contributed by atoms with E-state index in [4.69, 9.17) is 16.3 Å². The van der Waals surface area contributed by atoms with Crippen LogP contribution in [0.15, 0.2) is 48.9 Å². The van der Waals surface area contributed by atoms with E-state index >= 15 is 0 Å². The minimum absolute atomic E-state index is 0.257. The topological polar surface area (TPSA) is 81.5 Å². The predicted molar refractivity (Wildman–Crippen MR) is 120 cm³/mol. The number of nitrogens with one attached hydrogen (secondary N) is 1. The Kier molecular flexibility index (Phi) is 4.19. The summed E-state index contributed by atoms with van der Waals surface area (Å²) < 4.78 is 21.7. The summed E-state index contributed by atoms with van der Waals surface area (Å²) in [5.41, 5.74) is 3.18. The molecule has 1 N–H and O–H groups in total. The monoisotopic (exact) mass is 448 g/mol. The van der Waals surface area contributed by atoms with Gasteiger partial charge in [-0.15, -0.1) is 0 Å². The van der Waals surface area contributed by atoms with E-state index in [1.165, 1.54) is 0 Å². The highest BCUT2D eigenvalue weighted by Crippen LogP contribution is 2.41. The van der Waals surface area contributed by atoms with Crippen molar-refractivity contribution in [2.24, 2.45) is 0 Å². The summed E-state index contributed by atoms with van der Waals surface area (Å²) in [4.78, 5) is 16.8. The number of fused-ring (bicyclic) bond motifs is 2. The number of H-pyrrole nitrogens is 1. The van der Waals surface area contributed by atoms with Gasteiger partial charge in [0.25, 0.3) is 0 Å². The Hall–Kier alpha value is -3.52. The van der Waals surface area contributed by atoms with E-state index in [9.17, 15) is 4.39 Å². The second-order valence-corrected chi connectivity index (χ2v) is 8.56. The number of aromatic nitrogens is 6. The molecule has 32 heavy (non-hydrogen) atoms. The summed E-state index contributed by atoms with van der Waals surface area (Å²) in [7, 11) is 0. The highest BCUT2D eigenvalue weighted by Gasteiger charge is 2.43. The van der Waals surface area contributed by atoms with Gasteiger partial charge in [-0.25, -0.2) is 14.4 Å². The van der Waals surface area contributed by atoms with Crippen LogP contribution in [0.25, 0.3) is 33.3 Å². The first-order valence-electron chi connectivity index (χ1n) is 10.3. The highest BCUT2D eigenvalue weighted by atomic mass is 35.5. The molecule has 2 aromatic carbocycles. The van der Waals surface area contributed by atoms with E-state index in [-0.39, 0.29) is 6.54 Å². The van der Waals surface area contributed by atoms with Crippen LogP contribution in [0.2, 0.25) is 5.02 Å². The SMILES string of the molecule is Cc1nc2ccc(Oc3ccc4ncc(-c5cnn(CC6(F)CC6)c5)nc4c3Cl)cc2[nH]1. The third kappa shape index (κ3) is 3.46. The molecule has 160 valence electrons. The maximum absolute atomic E-state index is 14.0. The van der Waals surface area contributed by atoms with Gasteiger partial charge < -0.3 is 9.72 Å². The van der Waals surface area contributed by atoms with Gasteiger partial charge in [-0.1, -0.05) is 11.6 Å². The number of hydrogen-bond acceptors (Lipinski definition) is 5. The zero-order chi connectivity index (χ0) is 21.9. The first kappa shape index (κ1) is 19.2. The summed E-state index contributed by atoms with van der Waals surface area (Å²) in [6, 6.07) is 9.20.